The highest BCUT2D eigenvalue weighted by molar-refractivity contribution is 5.89. The average Bonchev–Trinajstić information content (AvgIpc) is 2.69. The summed E-state index contributed by atoms with van der Waals surface area (Å²) >= 11 is 0. The molecule has 4 nitrogen and oxygen atoms in total. The molecule has 2 unspecified atom stereocenters. The van der Waals surface area contributed by atoms with Gasteiger partial charge >= 0.3 is 11.9 Å². The third-order valence-corrected chi connectivity index (χ3v) is 4.00. The van der Waals surface area contributed by atoms with Crippen LogP contribution in [0.25, 0.3) is 6.08 Å². The summed E-state index contributed by atoms with van der Waals surface area (Å²) in [6, 6.07) is 18.4. The molecule has 0 spiro atoms. The van der Waals surface area contributed by atoms with E-state index >= 15 is 0 Å². The molecule has 0 fully saturated rings. The molecular formula is C22H24O4. The van der Waals surface area contributed by atoms with E-state index in [1.165, 1.54) is 6.08 Å². The van der Waals surface area contributed by atoms with Crippen molar-refractivity contribution in [3.63, 3.8) is 0 Å². The Morgan fingerprint density at radius 1 is 1.00 bits per heavy atom. The molecule has 2 aromatic carbocycles. The third kappa shape index (κ3) is 6.20. The van der Waals surface area contributed by atoms with Crippen molar-refractivity contribution >= 4 is 18.0 Å². The minimum absolute atomic E-state index is 0.0956. The Hall–Kier alpha value is -2.88. The van der Waals surface area contributed by atoms with Crippen LogP contribution in [-0.2, 0) is 14.3 Å². The number of carbonyl (C=O) groups is 2. The second-order valence-corrected chi connectivity index (χ2v) is 6.07. The summed E-state index contributed by atoms with van der Waals surface area (Å²) in [6.45, 7) is 4.04. The predicted molar refractivity (Wildman–Crippen MR) is 102 cm³/mol. The van der Waals surface area contributed by atoms with E-state index in [1.807, 2.05) is 50.2 Å². The molecule has 0 amide bonds. The minimum Gasteiger partial charge on any atom is -0.462 e. The van der Waals surface area contributed by atoms with Crippen molar-refractivity contribution in [1.82, 2.24) is 0 Å². The lowest BCUT2D eigenvalue weighted by Crippen LogP contribution is -2.28. The second kappa shape index (κ2) is 10.2. The number of ether oxygens (including phenoxy) is 2. The van der Waals surface area contributed by atoms with Gasteiger partial charge in [0.15, 0.2) is 0 Å². The maximum Gasteiger partial charge on any atom is 0.338 e. The van der Waals surface area contributed by atoms with Gasteiger partial charge in [0, 0.05) is 12.0 Å². The lowest BCUT2D eigenvalue weighted by atomic mass is 10.0. The molecule has 0 aromatic heterocycles. The number of hydrogen-bond donors (Lipinski definition) is 0. The van der Waals surface area contributed by atoms with Gasteiger partial charge in [-0.25, -0.2) is 9.59 Å². The number of rotatable bonds is 8. The van der Waals surface area contributed by atoms with Gasteiger partial charge in [-0.2, -0.15) is 0 Å². The molecule has 0 aliphatic rings. The normalized spacial score (nSPS) is 13.2. The monoisotopic (exact) mass is 352 g/mol. The van der Waals surface area contributed by atoms with Gasteiger partial charge in [0.25, 0.3) is 0 Å². The number of carbonyl (C=O) groups excluding carboxylic acids is 2. The van der Waals surface area contributed by atoms with E-state index in [4.69, 9.17) is 9.47 Å². The molecule has 0 saturated carbocycles. The minimum atomic E-state index is -0.401. The molecule has 2 atom stereocenters. The first-order valence-electron chi connectivity index (χ1n) is 8.76. The molecule has 4 heteroatoms. The summed E-state index contributed by atoms with van der Waals surface area (Å²) in [5.74, 6) is -0.869. The van der Waals surface area contributed by atoms with Crippen LogP contribution < -0.4 is 0 Å². The first-order chi connectivity index (χ1) is 12.6. The van der Waals surface area contributed by atoms with Crippen molar-refractivity contribution < 1.29 is 19.1 Å². The molecule has 2 aromatic rings. The molecular weight excluding hydrogens is 328 g/mol. The van der Waals surface area contributed by atoms with E-state index in [2.05, 4.69) is 0 Å². The summed E-state index contributed by atoms with van der Waals surface area (Å²) in [7, 11) is 0. The van der Waals surface area contributed by atoms with Crippen molar-refractivity contribution in [3.05, 3.63) is 77.9 Å². The Kier molecular flexibility index (Phi) is 7.62. The lowest BCUT2D eigenvalue weighted by Gasteiger charge is -2.22. The average molecular weight is 352 g/mol. The summed E-state index contributed by atoms with van der Waals surface area (Å²) in [6.07, 6.45) is 3.47. The van der Waals surface area contributed by atoms with Crippen LogP contribution in [0.4, 0.5) is 0 Å². The number of hydrogen-bond acceptors (Lipinski definition) is 4. The molecule has 0 heterocycles. The van der Waals surface area contributed by atoms with Crippen molar-refractivity contribution in [2.45, 2.75) is 26.4 Å². The largest absolute Gasteiger partial charge is 0.462 e. The zero-order valence-electron chi connectivity index (χ0n) is 15.1. The van der Waals surface area contributed by atoms with Gasteiger partial charge in [0.1, 0.15) is 6.10 Å². The zero-order valence-corrected chi connectivity index (χ0v) is 15.1. The highest BCUT2D eigenvalue weighted by Gasteiger charge is 2.21. The number of benzene rings is 2. The topological polar surface area (TPSA) is 52.6 Å². The van der Waals surface area contributed by atoms with Crippen molar-refractivity contribution in [2.75, 3.05) is 6.61 Å². The highest BCUT2D eigenvalue weighted by Crippen LogP contribution is 2.14. The summed E-state index contributed by atoms with van der Waals surface area (Å²) in [4.78, 5) is 24.0. The van der Waals surface area contributed by atoms with Crippen LogP contribution in [0.3, 0.4) is 0 Å². The van der Waals surface area contributed by atoms with Crippen LogP contribution in [0.2, 0.25) is 0 Å². The summed E-state index contributed by atoms with van der Waals surface area (Å²) in [5, 5.41) is 0. The van der Waals surface area contributed by atoms with Crippen LogP contribution in [0.5, 0.6) is 0 Å². The zero-order chi connectivity index (χ0) is 18.8. The third-order valence-electron chi connectivity index (χ3n) is 4.00. The molecule has 0 aliphatic carbocycles. The molecule has 0 radical (unpaired) electrons. The Morgan fingerprint density at radius 3 is 2.23 bits per heavy atom. The molecule has 0 N–H and O–H groups in total. The SMILES string of the molecule is CCC(OC(=O)/C=C/c1ccccc1)C(C)COC(=O)c1ccccc1. The lowest BCUT2D eigenvalue weighted by molar-refractivity contribution is -0.146. The fourth-order valence-corrected chi connectivity index (χ4v) is 2.49. The fraction of sp³-hybridized carbons (Fsp3) is 0.273. The molecule has 0 bridgehead atoms. The first kappa shape index (κ1) is 19.4. The van der Waals surface area contributed by atoms with Gasteiger partial charge in [-0.15, -0.1) is 0 Å². The molecule has 136 valence electrons. The van der Waals surface area contributed by atoms with E-state index in [0.29, 0.717) is 12.0 Å². The smallest absolute Gasteiger partial charge is 0.338 e. The van der Waals surface area contributed by atoms with Crippen molar-refractivity contribution in [2.24, 2.45) is 5.92 Å². The van der Waals surface area contributed by atoms with Gasteiger partial charge in [-0.05, 0) is 30.2 Å². The quantitative estimate of drug-likeness (QED) is 0.518. The van der Waals surface area contributed by atoms with Crippen molar-refractivity contribution in [1.29, 1.82) is 0 Å². The predicted octanol–water partition coefficient (Wildman–Crippen LogP) is 4.51. The van der Waals surface area contributed by atoms with Crippen LogP contribution in [0.1, 0.15) is 36.2 Å². The first-order valence-corrected chi connectivity index (χ1v) is 8.76. The van der Waals surface area contributed by atoms with E-state index in [0.717, 1.165) is 5.56 Å². The van der Waals surface area contributed by atoms with Gasteiger partial charge in [-0.3, -0.25) is 0 Å². The van der Waals surface area contributed by atoms with Crippen LogP contribution in [0.15, 0.2) is 66.7 Å². The standard InChI is InChI=1S/C22H24O4/c1-3-20(26-21(23)15-14-18-10-6-4-7-11-18)17(2)16-25-22(24)19-12-8-5-9-13-19/h4-15,17,20H,3,16H2,1-2H3/b15-14+. The Labute approximate surface area is 154 Å². The second-order valence-electron chi connectivity index (χ2n) is 6.07. The Bertz CT molecular complexity index is 722. The molecule has 0 aliphatic heterocycles. The number of esters is 2. The highest BCUT2D eigenvalue weighted by atomic mass is 16.6. The summed E-state index contributed by atoms with van der Waals surface area (Å²) in [5.41, 5.74) is 1.44. The van der Waals surface area contributed by atoms with Gasteiger partial charge in [-0.1, -0.05) is 62.4 Å². The molecule has 2 rings (SSSR count). The van der Waals surface area contributed by atoms with E-state index in [1.54, 1.807) is 30.3 Å². The molecule has 26 heavy (non-hydrogen) atoms. The molecule has 0 saturated heterocycles. The van der Waals surface area contributed by atoms with E-state index in [-0.39, 0.29) is 24.6 Å². The van der Waals surface area contributed by atoms with E-state index in [9.17, 15) is 9.59 Å². The van der Waals surface area contributed by atoms with Crippen LogP contribution >= 0.6 is 0 Å². The van der Waals surface area contributed by atoms with Crippen LogP contribution in [0, 0.1) is 5.92 Å². The fourth-order valence-electron chi connectivity index (χ4n) is 2.49. The maximum atomic E-state index is 12.0. The maximum absolute atomic E-state index is 12.0. The van der Waals surface area contributed by atoms with Crippen LogP contribution in [-0.4, -0.2) is 24.6 Å². The Balaban J connectivity index is 1.83. The van der Waals surface area contributed by atoms with Gasteiger partial charge < -0.3 is 9.47 Å². The van der Waals surface area contributed by atoms with E-state index < -0.39 is 5.97 Å². The van der Waals surface area contributed by atoms with Gasteiger partial charge in [0.05, 0.1) is 12.2 Å². The Morgan fingerprint density at radius 2 is 1.62 bits per heavy atom. The van der Waals surface area contributed by atoms with Gasteiger partial charge in [0.2, 0.25) is 0 Å². The summed E-state index contributed by atoms with van der Waals surface area (Å²) < 4.78 is 10.8. The van der Waals surface area contributed by atoms with Crippen molar-refractivity contribution in [3.8, 4) is 0 Å².